The fourth-order valence-corrected chi connectivity index (χ4v) is 5.83. The molecule has 3 amide bonds. The molecule has 0 radical (unpaired) electrons. The van der Waals surface area contributed by atoms with Gasteiger partial charge in [-0.25, -0.2) is 17.5 Å². The van der Waals surface area contributed by atoms with Crippen LogP contribution in [-0.4, -0.2) is 72.6 Å². The molecule has 0 aromatic heterocycles. The monoisotopic (exact) mass is 493 g/mol. The fraction of sp³-hybridized carbons (Fsp3) is 0.625. The van der Waals surface area contributed by atoms with Crippen LogP contribution in [0.15, 0.2) is 24.3 Å². The van der Waals surface area contributed by atoms with Gasteiger partial charge in [0.15, 0.2) is 0 Å². The standard InChI is InChI=1S/C24H35N3O6S/c1-24(2,3)33-23(30)25-18-12-15-26(16-13-18)34(31,32)17-9-5-4-8-14-27-21(28)19-10-6-7-11-20(19)22(27)29/h6-7,10-11,18H,4-5,8-9,12-17H2,1-3H3,(H,25,30). The molecule has 10 heteroatoms. The second-order valence-electron chi connectivity index (χ2n) is 9.86. The first-order valence-electron chi connectivity index (χ1n) is 11.9. The average Bonchev–Trinajstić information content (AvgIpc) is 3.00. The van der Waals surface area contributed by atoms with Crippen molar-refractivity contribution in [1.82, 2.24) is 14.5 Å². The molecule has 1 N–H and O–H groups in total. The Hall–Kier alpha value is -2.46. The summed E-state index contributed by atoms with van der Waals surface area (Å²) < 4.78 is 32.1. The minimum Gasteiger partial charge on any atom is -0.444 e. The van der Waals surface area contributed by atoms with E-state index in [1.165, 1.54) is 9.21 Å². The lowest BCUT2D eigenvalue weighted by Crippen LogP contribution is -2.48. The molecule has 34 heavy (non-hydrogen) atoms. The highest BCUT2D eigenvalue weighted by atomic mass is 32.2. The smallest absolute Gasteiger partial charge is 0.407 e. The number of carbonyl (C=O) groups excluding carboxylic acids is 3. The van der Waals surface area contributed by atoms with Crippen LogP contribution in [0, 0.1) is 0 Å². The third-order valence-corrected chi connectivity index (χ3v) is 7.94. The third kappa shape index (κ3) is 6.79. The van der Waals surface area contributed by atoms with Crippen molar-refractivity contribution in [1.29, 1.82) is 0 Å². The Kier molecular flexibility index (Phi) is 8.35. The van der Waals surface area contributed by atoms with Gasteiger partial charge in [-0.2, -0.15) is 0 Å². The molecule has 2 aliphatic heterocycles. The number of unbranched alkanes of at least 4 members (excludes halogenated alkanes) is 3. The zero-order chi connectivity index (χ0) is 24.9. The molecule has 0 saturated carbocycles. The molecule has 2 aliphatic rings. The lowest BCUT2D eigenvalue weighted by atomic mass is 10.1. The van der Waals surface area contributed by atoms with Gasteiger partial charge < -0.3 is 10.1 Å². The van der Waals surface area contributed by atoms with Crippen LogP contribution in [-0.2, 0) is 14.8 Å². The SMILES string of the molecule is CC(C)(C)OC(=O)NC1CCN(S(=O)(=O)CCCCCCN2C(=O)c3ccccc3C2=O)CC1. The zero-order valence-electron chi connectivity index (χ0n) is 20.2. The summed E-state index contributed by atoms with van der Waals surface area (Å²) in [5, 5.41) is 2.81. The van der Waals surface area contributed by atoms with Crippen LogP contribution in [0.4, 0.5) is 4.79 Å². The number of fused-ring (bicyclic) bond motifs is 1. The van der Waals surface area contributed by atoms with Crippen molar-refractivity contribution in [2.45, 2.75) is 70.9 Å². The molecule has 0 unspecified atom stereocenters. The Bertz CT molecular complexity index is 975. The maximum Gasteiger partial charge on any atom is 0.407 e. The number of nitrogens with one attached hydrogen (secondary N) is 1. The molecule has 0 aliphatic carbocycles. The van der Waals surface area contributed by atoms with E-state index in [2.05, 4.69) is 5.32 Å². The molecular weight excluding hydrogens is 458 g/mol. The summed E-state index contributed by atoms with van der Waals surface area (Å²) in [5.74, 6) is -0.440. The number of alkyl carbamates (subject to hydrolysis) is 1. The number of benzene rings is 1. The van der Waals surface area contributed by atoms with Crippen LogP contribution in [0.2, 0.25) is 0 Å². The molecule has 1 aromatic rings. The van der Waals surface area contributed by atoms with Crippen molar-refractivity contribution in [3.8, 4) is 0 Å². The molecule has 0 bridgehead atoms. The van der Waals surface area contributed by atoms with Crippen LogP contribution >= 0.6 is 0 Å². The number of piperidine rings is 1. The molecule has 3 rings (SSSR count). The third-order valence-electron chi connectivity index (χ3n) is 5.98. The van der Waals surface area contributed by atoms with Crippen molar-refractivity contribution in [2.24, 2.45) is 0 Å². The number of ether oxygens (including phenoxy) is 1. The Morgan fingerprint density at radius 1 is 1.00 bits per heavy atom. The number of carbonyl (C=O) groups is 3. The number of amides is 3. The molecule has 188 valence electrons. The number of hydrogen-bond donors (Lipinski definition) is 1. The molecule has 0 atom stereocenters. The van der Waals surface area contributed by atoms with Gasteiger partial charge in [0, 0.05) is 25.7 Å². The van der Waals surface area contributed by atoms with Crippen molar-refractivity contribution in [3.63, 3.8) is 0 Å². The van der Waals surface area contributed by atoms with Gasteiger partial charge in [0.05, 0.1) is 16.9 Å². The van der Waals surface area contributed by atoms with E-state index in [1.54, 1.807) is 45.0 Å². The summed E-state index contributed by atoms with van der Waals surface area (Å²) >= 11 is 0. The molecule has 0 spiro atoms. The van der Waals surface area contributed by atoms with Crippen LogP contribution in [0.3, 0.4) is 0 Å². The molecule has 1 aromatic carbocycles. The van der Waals surface area contributed by atoms with Crippen molar-refractivity contribution < 1.29 is 27.5 Å². The minimum absolute atomic E-state index is 0.0736. The fourth-order valence-electron chi connectivity index (χ4n) is 4.23. The predicted octanol–water partition coefficient (Wildman–Crippen LogP) is 3.16. The van der Waals surface area contributed by atoms with Crippen LogP contribution in [0.1, 0.15) is 80.0 Å². The van der Waals surface area contributed by atoms with E-state index in [9.17, 15) is 22.8 Å². The topological polar surface area (TPSA) is 113 Å². The number of nitrogens with zero attached hydrogens (tertiary/aromatic N) is 2. The first kappa shape index (κ1) is 26.2. The summed E-state index contributed by atoms with van der Waals surface area (Å²) in [4.78, 5) is 37.9. The second-order valence-corrected chi connectivity index (χ2v) is 11.9. The highest BCUT2D eigenvalue weighted by molar-refractivity contribution is 7.89. The molecule has 1 fully saturated rings. The maximum absolute atomic E-state index is 12.7. The number of imide groups is 1. The van der Waals surface area contributed by atoms with Crippen molar-refractivity contribution in [3.05, 3.63) is 35.4 Å². The van der Waals surface area contributed by atoms with Gasteiger partial charge in [-0.3, -0.25) is 14.5 Å². The van der Waals surface area contributed by atoms with Crippen LogP contribution < -0.4 is 5.32 Å². The van der Waals surface area contributed by atoms with Gasteiger partial charge in [0.25, 0.3) is 11.8 Å². The first-order valence-corrected chi connectivity index (χ1v) is 13.5. The maximum atomic E-state index is 12.7. The van der Waals surface area contributed by atoms with Gasteiger partial charge in [-0.1, -0.05) is 25.0 Å². The Labute approximate surface area is 201 Å². The predicted molar refractivity (Wildman–Crippen MR) is 128 cm³/mol. The van der Waals surface area contributed by atoms with Crippen molar-refractivity contribution in [2.75, 3.05) is 25.4 Å². The quantitative estimate of drug-likeness (QED) is 0.418. The molecule has 2 heterocycles. The van der Waals surface area contributed by atoms with E-state index < -0.39 is 21.7 Å². The normalized spacial score (nSPS) is 17.7. The number of rotatable bonds is 9. The summed E-state index contributed by atoms with van der Waals surface area (Å²) in [6, 6.07) is 6.72. The van der Waals surface area contributed by atoms with E-state index in [0.29, 0.717) is 62.9 Å². The van der Waals surface area contributed by atoms with E-state index in [0.717, 1.165) is 6.42 Å². The second kappa shape index (κ2) is 10.9. The summed E-state index contributed by atoms with van der Waals surface area (Å²) in [5.41, 5.74) is 0.325. The zero-order valence-corrected chi connectivity index (χ0v) is 21.0. The van der Waals surface area contributed by atoms with Gasteiger partial charge in [-0.15, -0.1) is 0 Å². The van der Waals surface area contributed by atoms with E-state index in [1.807, 2.05) is 0 Å². The van der Waals surface area contributed by atoms with Gasteiger partial charge in [-0.05, 0) is 58.6 Å². The number of sulfonamides is 1. The molecule has 9 nitrogen and oxygen atoms in total. The Morgan fingerprint density at radius 2 is 1.56 bits per heavy atom. The van der Waals surface area contributed by atoms with Gasteiger partial charge >= 0.3 is 6.09 Å². The Balaban J connectivity index is 1.32. The number of hydrogen-bond acceptors (Lipinski definition) is 6. The minimum atomic E-state index is -3.35. The van der Waals surface area contributed by atoms with Crippen LogP contribution in [0.25, 0.3) is 0 Å². The summed E-state index contributed by atoms with van der Waals surface area (Å²) in [6.45, 7) is 6.49. The Morgan fingerprint density at radius 3 is 2.12 bits per heavy atom. The largest absolute Gasteiger partial charge is 0.444 e. The van der Waals surface area contributed by atoms with Crippen molar-refractivity contribution >= 4 is 27.9 Å². The van der Waals surface area contributed by atoms with Gasteiger partial charge in [0.1, 0.15) is 5.60 Å². The molecular formula is C24H35N3O6S. The highest BCUT2D eigenvalue weighted by Gasteiger charge is 2.34. The van der Waals surface area contributed by atoms with Gasteiger partial charge in [0.2, 0.25) is 10.0 Å². The van der Waals surface area contributed by atoms with E-state index >= 15 is 0 Å². The van der Waals surface area contributed by atoms with Crippen LogP contribution in [0.5, 0.6) is 0 Å². The van der Waals surface area contributed by atoms with E-state index in [4.69, 9.17) is 4.74 Å². The highest BCUT2D eigenvalue weighted by Crippen LogP contribution is 2.23. The lowest BCUT2D eigenvalue weighted by Gasteiger charge is -2.32. The van der Waals surface area contributed by atoms with E-state index in [-0.39, 0.29) is 23.6 Å². The summed E-state index contributed by atoms with van der Waals surface area (Å²) in [6.07, 6.45) is 3.25. The summed E-state index contributed by atoms with van der Waals surface area (Å²) in [7, 11) is -3.35. The lowest BCUT2D eigenvalue weighted by molar-refractivity contribution is 0.0488. The first-order chi connectivity index (χ1) is 16.0. The average molecular weight is 494 g/mol. The molecule has 1 saturated heterocycles.